The maximum Gasteiger partial charge on any atom is 0.333 e. The Morgan fingerprint density at radius 3 is 2.32 bits per heavy atom. The first-order chi connectivity index (χ1) is 13.2. The van der Waals surface area contributed by atoms with Crippen molar-refractivity contribution in [3.8, 4) is 0 Å². The standard InChI is InChI=1S/C22H34N2O4/c1-5-6-17-7-9-18(10-8-17)23-11-12-24(16(4)14-23)21(26)19(13-15(2)3)20(25)22(27)28/h7-10,15-16,19-20,25H,5-6,11-14H2,1-4H3,(H,27,28)/t16-,19+,20+/m1/s1. The van der Waals surface area contributed by atoms with E-state index in [-0.39, 0.29) is 17.9 Å². The molecule has 1 heterocycles. The molecule has 0 aromatic heterocycles. The number of amides is 1. The van der Waals surface area contributed by atoms with Crippen molar-refractivity contribution in [2.45, 2.75) is 59.1 Å². The average Bonchev–Trinajstić information content (AvgIpc) is 2.65. The summed E-state index contributed by atoms with van der Waals surface area (Å²) in [6, 6.07) is 8.52. The second-order valence-corrected chi connectivity index (χ2v) is 8.26. The van der Waals surface area contributed by atoms with Crippen LogP contribution in [0.5, 0.6) is 0 Å². The molecule has 1 fully saturated rings. The van der Waals surface area contributed by atoms with Crippen molar-refractivity contribution < 1.29 is 19.8 Å². The van der Waals surface area contributed by atoms with Crippen LogP contribution in [0.2, 0.25) is 0 Å². The van der Waals surface area contributed by atoms with Crippen LogP contribution in [0.4, 0.5) is 5.69 Å². The molecule has 2 rings (SSSR count). The van der Waals surface area contributed by atoms with Crippen molar-refractivity contribution in [1.29, 1.82) is 0 Å². The Hall–Kier alpha value is -2.08. The molecule has 6 heteroatoms. The molecule has 2 N–H and O–H groups in total. The van der Waals surface area contributed by atoms with Gasteiger partial charge in [-0.1, -0.05) is 39.3 Å². The van der Waals surface area contributed by atoms with Crippen molar-refractivity contribution in [1.82, 2.24) is 4.90 Å². The third-order valence-electron chi connectivity index (χ3n) is 5.43. The van der Waals surface area contributed by atoms with Crippen molar-refractivity contribution >= 4 is 17.6 Å². The fourth-order valence-electron chi connectivity index (χ4n) is 3.94. The highest BCUT2D eigenvalue weighted by Gasteiger charge is 2.38. The van der Waals surface area contributed by atoms with E-state index in [9.17, 15) is 19.8 Å². The van der Waals surface area contributed by atoms with Gasteiger partial charge in [-0.05, 0) is 43.4 Å². The molecule has 0 bridgehead atoms. The summed E-state index contributed by atoms with van der Waals surface area (Å²) in [4.78, 5) is 28.3. The molecule has 3 atom stereocenters. The molecule has 1 saturated heterocycles. The molecular formula is C22H34N2O4. The molecule has 28 heavy (non-hydrogen) atoms. The lowest BCUT2D eigenvalue weighted by molar-refractivity contribution is -0.158. The topological polar surface area (TPSA) is 81.1 Å². The summed E-state index contributed by atoms with van der Waals surface area (Å²) in [5.41, 5.74) is 2.47. The molecule has 1 aliphatic heterocycles. The lowest BCUT2D eigenvalue weighted by Crippen LogP contribution is -2.57. The number of hydrogen-bond acceptors (Lipinski definition) is 4. The van der Waals surface area contributed by atoms with Crippen molar-refractivity contribution in [2.75, 3.05) is 24.5 Å². The van der Waals surface area contributed by atoms with Crippen LogP contribution >= 0.6 is 0 Å². The number of carboxylic acid groups (broad SMARTS) is 1. The molecule has 0 spiro atoms. The van der Waals surface area contributed by atoms with E-state index in [4.69, 9.17) is 0 Å². The van der Waals surface area contributed by atoms with Crippen LogP contribution in [0.25, 0.3) is 0 Å². The van der Waals surface area contributed by atoms with E-state index in [0.29, 0.717) is 26.1 Å². The molecule has 0 radical (unpaired) electrons. The average molecular weight is 391 g/mol. The van der Waals surface area contributed by atoms with Gasteiger partial charge in [0.2, 0.25) is 5.91 Å². The number of rotatable bonds is 8. The molecule has 0 aliphatic carbocycles. The summed E-state index contributed by atoms with van der Waals surface area (Å²) in [7, 11) is 0. The van der Waals surface area contributed by atoms with Crippen molar-refractivity contribution in [2.24, 2.45) is 11.8 Å². The van der Waals surface area contributed by atoms with E-state index in [1.165, 1.54) is 5.56 Å². The summed E-state index contributed by atoms with van der Waals surface area (Å²) < 4.78 is 0. The van der Waals surface area contributed by atoms with Gasteiger partial charge in [0.15, 0.2) is 6.10 Å². The fraction of sp³-hybridized carbons (Fsp3) is 0.636. The Labute approximate surface area is 168 Å². The van der Waals surface area contributed by atoms with E-state index in [1.54, 1.807) is 4.90 Å². The van der Waals surface area contributed by atoms with Gasteiger partial charge in [-0.25, -0.2) is 4.79 Å². The Morgan fingerprint density at radius 1 is 1.18 bits per heavy atom. The number of aryl methyl sites for hydroxylation is 1. The second-order valence-electron chi connectivity index (χ2n) is 8.26. The van der Waals surface area contributed by atoms with Crippen LogP contribution in [-0.4, -0.2) is 58.8 Å². The zero-order chi connectivity index (χ0) is 20.8. The van der Waals surface area contributed by atoms with Gasteiger partial charge in [0, 0.05) is 31.4 Å². The minimum atomic E-state index is -1.66. The number of anilines is 1. The number of aliphatic hydroxyl groups excluding tert-OH is 1. The number of piperazine rings is 1. The van der Waals surface area contributed by atoms with Gasteiger partial charge in [0.1, 0.15) is 0 Å². The Balaban J connectivity index is 2.06. The van der Waals surface area contributed by atoms with Gasteiger partial charge in [0.05, 0.1) is 5.92 Å². The molecule has 1 aromatic carbocycles. The van der Waals surface area contributed by atoms with Crippen molar-refractivity contribution in [3.05, 3.63) is 29.8 Å². The van der Waals surface area contributed by atoms with Gasteiger partial charge in [-0.3, -0.25) is 4.79 Å². The number of carboxylic acids is 1. The number of nitrogens with zero attached hydrogens (tertiary/aromatic N) is 2. The molecule has 1 aromatic rings. The molecule has 1 aliphatic rings. The van der Waals surface area contributed by atoms with E-state index in [1.807, 2.05) is 20.8 Å². The fourth-order valence-corrected chi connectivity index (χ4v) is 3.94. The third kappa shape index (κ3) is 5.47. The minimum Gasteiger partial charge on any atom is -0.479 e. The van der Waals surface area contributed by atoms with Crippen LogP contribution in [0.3, 0.4) is 0 Å². The smallest absolute Gasteiger partial charge is 0.333 e. The van der Waals surface area contributed by atoms with E-state index < -0.39 is 18.0 Å². The summed E-state index contributed by atoms with van der Waals surface area (Å²) in [5.74, 6) is -2.37. The number of carbonyl (C=O) groups excluding carboxylic acids is 1. The quantitative estimate of drug-likeness (QED) is 0.713. The van der Waals surface area contributed by atoms with Gasteiger partial charge in [0.25, 0.3) is 0 Å². The molecule has 6 nitrogen and oxygen atoms in total. The van der Waals surface area contributed by atoms with Crippen LogP contribution in [0, 0.1) is 11.8 Å². The predicted molar refractivity (Wildman–Crippen MR) is 110 cm³/mol. The highest BCUT2D eigenvalue weighted by Crippen LogP contribution is 2.25. The first-order valence-corrected chi connectivity index (χ1v) is 10.3. The van der Waals surface area contributed by atoms with E-state index in [2.05, 4.69) is 36.1 Å². The predicted octanol–water partition coefficient (Wildman–Crippen LogP) is 2.78. The summed E-state index contributed by atoms with van der Waals surface area (Å²) in [6.45, 7) is 9.92. The van der Waals surface area contributed by atoms with Crippen LogP contribution in [-0.2, 0) is 16.0 Å². The monoisotopic (exact) mass is 390 g/mol. The molecule has 0 unspecified atom stereocenters. The lowest BCUT2D eigenvalue weighted by Gasteiger charge is -2.42. The SMILES string of the molecule is CCCc1ccc(N2CCN(C(=O)[C@@H](CC(C)C)[C@H](O)C(=O)O)[C@H](C)C2)cc1. The van der Waals surface area contributed by atoms with Gasteiger partial charge >= 0.3 is 5.97 Å². The lowest BCUT2D eigenvalue weighted by atomic mass is 9.90. The van der Waals surface area contributed by atoms with Crippen LogP contribution in [0.15, 0.2) is 24.3 Å². The maximum absolute atomic E-state index is 13.0. The maximum atomic E-state index is 13.0. The normalized spacial score (nSPS) is 19.6. The van der Waals surface area contributed by atoms with Gasteiger partial charge < -0.3 is 20.0 Å². The number of aliphatic carboxylic acids is 1. The minimum absolute atomic E-state index is 0.0489. The second kappa shape index (κ2) is 9.92. The molecule has 156 valence electrons. The molecule has 1 amide bonds. The highest BCUT2D eigenvalue weighted by atomic mass is 16.4. The van der Waals surface area contributed by atoms with Crippen molar-refractivity contribution in [3.63, 3.8) is 0 Å². The zero-order valence-corrected chi connectivity index (χ0v) is 17.5. The van der Waals surface area contributed by atoms with Crippen LogP contribution in [0.1, 0.15) is 46.1 Å². The number of carbonyl (C=O) groups is 2. The number of benzene rings is 1. The Bertz CT molecular complexity index is 659. The third-order valence-corrected chi connectivity index (χ3v) is 5.43. The van der Waals surface area contributed by atoms with E-state index in [0.717, 1.165) is 18.5 Å². The van der Waals surface area contributed by atoms with Crippen LogP contribution < -0.4 is 4.90 Å². The molecule has 0 saturated carbocycles. The summed E-state index contributed by atoms with van der Waals surface area (Å²) >= 11 is 0. The molecular weight excluding hydrogens is 356 g/mol. The Morgan fingerprint density at radius 2 is 1.82 bits per heavy atom. The highest BCUT2D eigenvalue weighted by molar-refractivity contribution is 5.86. The van der Waals surface area contributed by atoms with Gasteiger partial charge in [-0.15, -0.1) is 0 Å². The zero-order valence-electron chi connectivity index (χ0n) is 17.5. The first kappa shape index (κ1) is 22.2. The summed E-state index contributed by atoms with van der Waals surface area (Å²) in [5, 5.41) is 19.3. The summed E-state index contributed by atoms with van der Waals surface area (Å²) in [6.07, 6.45) is 0.892. The van der Waals surface area contributed by atoms with E-state index >= 15 is 0 Å². The first-order valence-electron chi connectivity index (χ1n) is 10.3. The Kier molecular flexibility index (Phi) is 7.87. The number of hydrogen-bond donors (Lipinski definition) is 2. The number of aliphatic hydroxyl groups is 1. The largest absolute Gasteiger partial charge is 0.479 e. The van der Waals surface area contributed by atoms with Gasteiger partial charge in [-0.2, -0.15) is 0 Å².